The standard InChI is InChI=1S/C17H22N2O2/c1-4-14(5-2)16-15(17(20)21-3)18-12-19(16)11-13-9-7-6-8-10-13/h6-10,12,14H,4-5,11H2,1-3H3. The van der Waals surface area contributed by atoms with Crippen molar-refractivity contribution in [2.45, 2.75) is 39.2 Å². The zero-order valence-corrected chi connectivity index (χ0v) is 12.9. The van der Waals surface area contributed by atoms with Crippen LogP contribution in [0.25, 0.3) is 0 Å². The van der Waals surface area contributed by atoms with E-state index in [4.69, 9.17) is 4.74 Å². The van der Waals surface area contributed by atoms with Crippen LogP contribution in [0.2, 0.25) is 0 Å². The molecule has 0 atom stereocenters. The van der Waals surface area contributed by atoms with Crippen LogP contribution in [0.4, 0.5) is 0 Å². The molecule has 0 amide bonds. The number of carbonyl (C=O) groups excluding carboxylic acids is 1. The Morgan fingerprint density at radius 3 is 2.48 bits per heavy atom. The Morgan fingerprint density at radius 1 is 1.24 bits per heavy atom. The van der Waals surface area contributed by atoms with Crippen LogP contribution in [0.5, 0.6) is 0 Å². The molecule has 0 unspecified atom stereocenters. The number of imidazole rings is 1. The van der Waals surface area contributed by atoms with Gasteiger partial charge < -0.3 is 9.30 Å². The summed E-state index contributed by atoms with van der Waals surface area (Å²) in [6, 6.07) is 10.2. The molecule has 0 saturated heterocycles. The van der Waals surface area contributed by atoms with Crippen LogP contribution in [0.3, 0.4) is 0 Å². The minimum absolute atomic E-state index is 0.310. The van der Waals surface area contributed by atoms with Crippen molar-refractivity contribution in [1.82, 2.24) is 9.55 Å². The van der Waals surface area contributed by atoms with Crippen molar-refractivity contribution in [2.75, 3.05) is 7.11 Å². The Bertz CT molecular complexity index is 586. The molecule has 0 radical (unpaired) electrons. The summed E-state index contributed by atoms with van der Waals surface area (Å²) in [5.41, 5.74) is 2.62. The van der Waals surface area contributed by atoms with Gasteiger partial charge in [-0.2, -0.15) is 0 Å². The maximum atomic E-state index is 11.9. The van der Waals surface area contributed by atoms with E-state index < -0.39 is 0 Å². The SMILES string of the molecule is CCC(CC)c1c(C(=O)OC)ncn1Cc1ccccc1. The van der Waals surface area contributed by atoms with Gasteiger partial charge in [-0.1, -0.05) is 44.2 Å². The summed E-state index contributed by atoms with van der Waals surface area (Å²) in [6.45, 7) is 4.99. The fourth-order valence-electron chi connectivity index (χ4n) is 2.66. The average Bonchev–Trinajstić information content (AvgIpc) is 2.93. The lowest BCUT2D eigenvalue weighted by Crippen LogP contribution is -2.13. The van der Waals surface area contributed by atoms with Crippen LogP contribution in [0.15, 0.2) is 36.7 Å². The summed E-state index contributed by atoms with van der Waals surface area (Å²) in [5.74, 6) is -0.0472. The molecule has 0 aliphatic heterocycles. The van der Waals surface area contributed by atoms with E-state index in [1.165, 1.54) is 12.7 Å². The van der Waals surface area contributed by atoms with Gasteiger partial charge in [-0.05, 0) is 18.4 Å². The molecule has 4 nitrogen and oxygen atoms in total. The monoisotopic (exact) mass is 286 g/mol. The summed E-state index contributed by atoms with van der Waals surface area (Å²) in [7, 11) is 1.40. The number of nitrogens with zero attached hydrogens (tertiary/aromatic N) is 2. The summed E-state index contributed by atoms with van der Waals surface area (Å²) in [4.78, 5) is 16.2. The molecule has 0 spiro atoms. The van der Waals surface area contributed by atoms with Crippen LogP contribution in [0, 0.1) is 0 Å². The van der Waals surface area contributed by atoms with Crippen molar-refractivity contribution in [3.05, 3.63) is 53.6 Å². The van der Waals surface area contributed by atoms with Crippen LogP contribution in [-0.2, 0) is 11.3 Å². The van der Waals surface area contributed by atoms with Crippen LogP contribution >= 0.6 is 0 Å². The molecule has 2 rings (SSSR count). The molecule has 0 saturated carbocycles. The van der Waals surface area contributed by atoms with Gasteiger partial charge >= 0.3 is 5.97 Å². The van der Waals surface area contributed by atoms with Crippen LogP contribution in [0.1, 0.15) is 54.4 Å². The molecular formula is C17H22N2O2. The van der Waals surface area contributed by atoms with Crippen molar-refractivity contribution in [2.24, 2.45) is 0 Å². The normalized spacial score (nSPS) is 10.9. The Morgan fingerprint density at radius 2 is 1.90 bits per heavy atom. The third kappa shape index (κ3) is 3.32. The molecule has 1 heterocycles. The van der Waals surface area contributed by atoms with E-state index in [-0.39, 0.29) is 5.97 Å². The molecule has 112 valence electrons. The lowest BCUT2D eigenvalue weighted by atomic mass is 9.97. The van der Waals surface area contributed by atoms with Gasteiger partial charge in [0.15, 0.2) is 5.69 Å². The number of ether oxygens (including phenoxy) is 1. The first kappa shape index (κ1) is 15.3. The Balaban J connectivity index is 2.41. The highest BCUT2D eigenvalue weighted by molar-refractivity contribution is 5.88. The predicted molar refractivity (Wildman–Crippen MR) is 82.4 cm³/mol. The Labute approximate surface area is 125 Å². The second-order valence-electron chi connectivity index (χ2n) is 5.10. The molecule has 0 aliphatic rings. The first-order valence-corrected chi connectivity index (χ1v) is 7.38. The molecule has 4 heteroatoms. The molecular weight excluding hydrogens is 264 g/mol. The van der Waals surface area contributed by atoms with E-state index in [1.54, 1.807) is 6.33 Å². The van der Waals surface area contributed by atoms with Gasteiger partial charge in [-0.25, -0.2) is 9.78 Å². The smallest absolute Gasteiger partial charge is 0.358 e. The molecule has 0 N–H and O–H groups in total. The third-order valence-electron chi connectivity index (χ3n) is 3.83. The molecule has 0 aliphatic carbocycles. The number of hydrogen-bond donors (Lipinski definition) is 0. The van der Waals surface area contributed by atoms with Crippen molar-refractivity contribution in [1.29, 1.82) is 0 Å². The van der Waals surface area contributed by atoms with Gasteiger partial charge in [-0.15, -0.1) is 0 Å². The van der Waals surface area contributed by atoms with Gasteiger partial charge in [0.05, 0.1) is 19.1 Å². The van der Waals surface area contributed by atoms with Crippen molar-refractivity contribution in [3.8, 4) is 0 Å². The van der Waals surface area contributed by atoms with E-state index in [2.05, 4.69) is 35.5 Å². The zero-order chi connectivity index (χ0) is 15.2. The lowest BCUT2D eigenvalue weighted by molar-refractivity contribution is 0.0592. The Hall–Kier alpha value is -2.10. The number of benzene rings is 1. The molecule has 0 bridgehead atoms. The third-order valence-corrected chi connectivity index (χ3v) is 3.83. The average molecular weight is 286 g/mol. The van der Waals surface area contributed by atoms with E-state index in [1.807, 2.05) is 18.2 Å². The van der Waals surface area contributed by atoms with Crippen molar-refractivity contribution < 1.29 is 9.53 Å². The number of carbonyl (C=O) groups is 1. The van der Waals surface area contributed by atoms with Gasteiger partial charge in [0.2, 0.25) is 0 Å². The van der Waals surface area contributed by atoms with E-state index >= 15 is 0 Å². The van der Waals surface area contributed by atoms with Gasteiger partial charge in [0.1, 0.15) is 0 Å². The van der Waals surface area contributed by atoms with E-state index in [0.29, 0.717) is 11.6 Å². The maximum absolute atomic E-state index is 11.9. The van der Waals surface area contributed by atoms with Crippen LogP contribution < -0.4 is 0 Å². The lowest BCUT2D eigenvalue weighted by Gasteiger charge is -2.17. The summed E-state index contributed by atoms with van der Waals surface area (Å²) < 4.78 is 6.93. The molecule has 0 fully saturated rings. The summed E-state index contributed by atoms with van der Waals surface area (Å²) in [6.07, 6.45) is 3.69. The first-order valence-electron chi connectivity index (χ1n) is 7.38. The highest BCUT2D eigenvalue weighted by atomic mass is 16.5. The van der Waals surface area contributed by atoms with Crippen molar-refractivity contribution >= 4 is 5.97 Å². The Kier molecular flexibility index (Phi) is 5.14. The topological polar surface area (TPSA) is 44.1 Å². The van der Waals surface area contributed by atoms with Crippen molar-refractivity contribution in [3.63, 3.8) is 0 Å². The van der Waals surface area contributed by atoms with Gasteiger partial charge in [0, 0.05) is 12.5 Å². The fraction of sp³-hybridized carbons (Fsp3) is 0.412. The van der Waals surface area contributed by atoms with Gasteiger partial charge in [0.25, 0.3) is 0 Å². The fourth-order valence-corrected chi connectivity index (χ4v) is 2.66. The minimum Gasteiger partial charge on any atom is -0.464 e. The van der Waals surface area contributed by atoms with Gasteiger partial charge in [-0.3, -0.25) is 0 Å². The molecule has 21 heavy (non-hydrogen) atoms. The number of rotatable bonds is 6. The highest BCUT2D eigenvalue weighted by Crippen LogP contribution is 2.27. The second kappa shape index (κ2) is 7.07. The molecule has 2 aromatic rings. The number of aromatic nitrogens is 2. The molecule has 1 aromatic heterocycles. The number of hydrogen-bond acceptors (Lipinski definition) is 3. The largest absolute Gasteiger partial charge is 0.464 e. The molecule has 1 aromatic carbocycles. The maximum Gasteiger partial charge on any atom is 0.358 e. The summed E-state index contributed by atoms with van der Waals surface area (Å²) in [5, 5.41) is 0. The first-order chi connectivity index (χ1) is 10.2. The van der Waals surface area contributed by atoms with Crippen LogP contribution in [-0.4, -0.2) is 22.6 Å². The zero-order valence-electron chi connectivity index (χ0n) is 12.9. The van der Waals surface area contributed by atoms with E-state index in [0.717, 1.165) is 25.1 Å². The number of esters is 1. The summed E-state index contributed by atoms with van der Waals surface area (Å²) >= 11 is 0. The number of methoxy groups -OCH3 is 1. The quantitative estimate of drug-likeness (QED) is 0.762. The second-order valence-corrected chi connectivity index (χ2v) is 5.10. The van der Waals surface area contributed by atoms with E-state index in [9.17, 15) is 4.79 Å². The highest BCUT2D eigenvalue weighted by Gasteiger charge is 2.23. The predicted octanol–water partition coefficient (Wildman–Crippen LogP) is 3.62. The minimum atomic E-state index is -0.358.